The molecule has 0 radical (unpaired) electrons. The lowest BCUT2D eigenvalue weighted by atomic mass is 10.3. The van der Waals surface area contributed by atoms with Crippen molar-refractivity contribution in [2.45, 2.75) is 31.2 Å². The lowest BCUT2D eigenvalue weighted by molar-refractivity contribution is -0.385. The predicted molar refractivity (Wildman–Crippen MR) is 65.6 cm³/mol. The first kappa shape index (κ1) is 12.8. The van der Waals surface area contributed by atoms with Crippen LogP contribution in [0.5, 0.6) is 0 Å². The van der Waals surface area contributed by atoms with E-state index in [2.05, 4.69) is 11.9 Å². The normalized spacial score (nSPS) is 10.3. The molecule has 0 amide bonds. The monoisotopic (exact) mass is 241 g/mol. The molecule has 0 atom stereocenters. The molecule has 0 aromatic carbocycles. The standard InChI is InChI=1S/C10H15N3O2S/c1-2-3-4-5-16-10-7-8(13(14)15)6-9(11)12-10/h6-7H,2-5H2,1H3,(H2,11,12). The van der Waals surface area contributed by atoms with Crippen LogP contribution in [-0.2, 0) is 0 Å². The van der Waals surface area contributed by atoms with Gasteiger partial charge in [-0.2, -0.15) is 0 Å². The number of anilines is 1. The molecule has 16 heavy (non-hydrogen) atoms. The molecule has 2 N–H and O–H groups in total. The minimum Gasteiger partial charge on any atom is -0.383 e. The van der Waals surface area contributed by atoms with Gasteiger partial charge in [0.2, 0.25) is 0 Å². The second-order valence-electron chi connectivity index (χ2n) is 3.40. The van der Waals surface area contributed by atoms with Crippen molar-refractivity contribution in [3.63, 3.8) is 0 Å². The van der Waals surface area contributed by atoms with Crippen molar-refractivity contribution in [2.75, 3.05) is 11.5 Å². The number of aromatic nitrogens is 1. The number of nitrogen functional groups attached to an aromatic ring is 1. The molecule has 1 heterocycles. The Morgan fingerprint density at radius 1 is 1.50 bits per heavy atom. The van der Waals surface area contributed by atoms with Crippen molar-refractivity contribution < 1.29 is 4.92 Å². The second kappa shape index (κ2) is 6.32. The van der Waals surface area contributed by atoms with E-state index in [9.17, 15) is 10.1 Å². The van der Waals surface area contributed by atoms with Crippen LogP contribution in [0.1, 0.15) is 26.2 Å². The molecule has 1 aromatic rings. The number of thioether (sulfide) groups is 1. The Labute approximate surface area is 98.6 Å². The summed E-state index contributed by atoms with van der Waals surface area (Å²) in [6.07, 6.45) is 3.41. The maximum absolute atomic E-state index is 10.6. The minimum absolute atomic E-state index is 0.00508. The summed E-state index contributed by atoms with van der Waals surface area (Å²) in [5.41, 5.74) is 5.50. The van der Waals surface area contributed by atoms with Gasteiger partial charge in [-0.15, -0.1) is 11.8 Å². The number of unbranched alkanes of at least 4 members (excludes halogenated alkanes) is 2. The van der Waals surface area contributed by atoms with E-state index in [-0.39, 0.29) is 11.5 Å². The van der Waals surface area contributed by atoms with Crippen LogP contribution in [0.2, 0.25) is 0 Å². The number of rotatable bonds is 6. The fourth-order valence-corrected chi connectivity index (χ4v) is 2.15. The van der Waals surface area contributed by atoms with Crippen LogP contribution < -0.4 is 5.73 Å². The Balaban J connectivity index is 2.62. The molecular weight excluding hydrogens is 226 g/mol. The molecule has 0 bridgehead atoms. The number of pyridine rings is 1. The lowest BCUT2D eigenvalue weighted by Crippen LogP contribution is -1.96. The Morgan fingerprint density at radius 3 is 2.88 bits per heavy atom. The summed E-state index contributed by atoms with van der Waals surface area (Å²) in [4.78, 5) is 14.2. The van der Waals surface area contributed by atoms with Gasteiger partial charge in [-0.3, -0.25) is 10.1 Å². The second-order valence-corrected chi connectivity index (χ2v) is 4.52. The van der Waals surface area contributed by atoms with Gasteiger partial charge in [0.1, 0.15) is 10.8 Å². The average molecular weight is 241 g/mol. The molecular formula is C10H15N3O2S. The van der Waals surface area contributed by atoms with Gasteiger partial charge in [-0.25, -0.2) is 4.98 Å². The van der Waals surface area contributed by atoms with Crippen molar-refractivity contribution in [3.05, 3.63) is 22.2 Å². The van der Waals surface area contributed by atoms with E-state index in [1.54, 1.807) is 0 Å². The van der Waals surface area contributed by atoms with Crippen LogP contribution in [-0.4, -0.2) is 15.7 Å². The van der Waals surface area contributed by atoms with Crippen molar-refractivity contribution >= 4 is 23.3 Å². The van der Waals surface area contributed by atoms with E-state index in [1.165, 1.54) is 23.9 Å². The highest BCUT2D eigenvalue weighted by Crippen LogP contribution is 2.24. The van der Waals surface area contributed by atoms with Crippen LogP contribution in [0.3, 0.4) is 0 Å². The smallest absolute Gasteiger partial charge is 0.275 e. The van der Waals surface area contributed by atoms with Crippen LogP contribution in [0.25, 0.3) is 0 Å². The quantitative estimate of drug-likeness (QED) is 0.358. The topological polar surface area (TPSA) is 82.0 Å². The van der Waals surface area contributed by atoms with E-state index >= 15 is 0 Å². The molecule has 1 rings (SSSR count). The zero-order valence-electron chi connectivity index (χ0n) is 9.18. The van der Waals surface area contributed by atoms with Crippen LogP contribution in [0.4, 0.5) is 11.5 Å². The molecule has 5 nitrogen and oxygen atoms in total. The van der Waals surface area contributed by atoms with Crippen molar-refractivity contribution in [1.29, 1.82) is 0 Å². The Bertz CT molecular complexity index is 371. The third kappa shape index (κ3) is 4.06. The maximum Gasteiger partial charge on any atom is 0.275 e. The molecule has 88 valence electrons. The molecule has 1 aromatic heterocycles. The van der Waals surface area contributed by atoms with E-state index in [4.69, 9.17) is 5.73 Å². The predicted octanol–water partition coefficient (Wildman–Crippen LogP) is 2.85. The highest BCUT2D eigenvalue weighted by atomic mass is 32.2. The van der Waals surface area contributed by atoms with Crippen LogP contribution in [0.15, 0.2) is 17.2 Å². The zero-order chi connectivity index (χ0) is 12.0. The summed E-state index contributed by atoms with van der Waals surface area (Å²) < 4.78 is 0. The van der Waals surface area contributed by atoms with Crippen LogP contribution >= 0.6 is 11.8 Å². The first-order valence-electron chi connectivity index (χ1n) is 5.18. The van der Waals surface area contributed by atoms with Gasteiger partial charge in [0.25, 0.3) is 5.69 Å². The average Bonchev–Trinajstić information content (AvgIpc) is 2.23. The highest BCUT2D eigenvalue weighted by molar-refractivity contribution is 7.99. The summed E-state index contributed by atoms with van der Waals surface area (Å²) in [5.74, 6) is 1.12. The lowest BCUT2D eigenvalue weighted by Gasteiger charge is -2.01. The SMILES string of the molecule is CCCCCSc1cc([N+](=O)[O-])cc(N)n1. The summed E-state index contributed by atoms with van der Waals surface area (Å²) in [7, 11) is 0. The van der Waals surface area contributed by atoms with E-state index in [0.717, 1.165) is 25.0 Å². The van der Waals surface area contributed by atoms with Gasteiger partial charge >= 0.3 is 0 Å². The summed E-state index contributed by atoms with van der Waals surface area (Å²) in [6.45, 7) is 2.13. The van der Waals surface area contributed by atoms with E-state index in [0.29, 0.717) is 5.03 Å². The molecule has 0 saturated carbocycles. The molecule has 0 fully saturated rings. The highest BCUT2D eigenvalue weighted by Gasteiger charge is 2.09. The molecule has 6 heteroatoms. The van der Waals surface area contributed by atoms with Gasteiger partial charge in [0, 0.05) is 6.07 Å². The van der Waals surface area contributed by atoms with Gasteiger partial charge in [-0.05, 0) is 12.2 Å². The van der Waals surface area contributed by atoms with Crippen molar-refractivity contribution in [3.8, 4) is 0 Å². The maximum atomic E-state index is 10.6. The summed E-state index contributed by atoms with van der Waals surface area (Å²) in [6, 6.07) is 2.74. The third-order valence-corrected chi connectivity index (χ3v) is 3.01. The molecule has 0 aliphatic heterocycles. The van der Waals surface area contributed by atoms with Crippen molar-refractivity contribution in [2.24, 2.45) is 0 Å². The van der Waals surface area contributed by atoms with Gasteiger partial charge in [0.05, 0.1) is 11.0 Å². The van der Waals surface area contributed by atoms with Gasteiger partial charge in [-0.1, -0.05) is 19.8 Å². The van der Waals surface area contributed by atoms with Gasteiger partial charge < -0.3 is 5.73 Å². The van der Waals surface area contributed by atoms with E-state index < -0.39 is 4.92 Å². The number of hydrogen-bond acceptors (Lipinski definition) is 5. The van der Waals surface area contributed by atoms with Crippen molar-refractivity contribution in [1.82, 2.24) is 4.98 Å². The Kier molecular flexibility index (Phi) is 5.04. The summed E-state index contributed by atoms with van der Waals surface area (Å²) in [5, 5.41) is 11.2. The summed E-state index contributed by atoms with van der Waals surface area (Å²) >= 11 is 1.51. The molecule has 0 spiro atoms. The number of nitrogens with two attached hydrogens (primary N) is 1. The number of nitrogens with zero attached hydrogens (tertiary/aromatic N) is 2. The van der Waals surface area contributed by atoms with E-state index in [1.807, 2.05) is 0 Å². The first-order chi connectivity index (χ1) is 7.63. The fraction of sp³-hybridized carbons (Fsp3) is 0.500. The third-order valence-electron chi connectivity index (χ3n) is 2.02. The molecule has 0 unspecified atom stereocenters. The minimum atomic E-state index is -0.450. The largest absolute Gasteiger partial charge is 0.383 e. The fourth-order valence-electron chi connectivity index (χ4n) is 1.22. The zero-order valence-corrected chi connectivity index (χ0v) is 10.00. The number of nitro groups is 1. The molecule has 0 saturated heterocycles. The Morgan fingerprint density at radius 2 is 2.25 bits per heavy atom. The Hall–Kier alpha value is -1.30. The number of hydrogen-bond donors (Lipinski definition) is 1. The molecule has 0 aliphatic carbocycles. The van der Waals surface area contributed by atoms with Gasteiger partial charge in [0.15, 0.2) is 0 Å². The van der Waals surface area contributed by atoms with Crippen LogP contribution in [0, 0.1) is 10.1 Å². The molecule has 0 aliphatic rings. The first-order valence-corrected chi connectivity index (χ1v) is 6.16.